The Kier molecular flexibility index (Phi) is 7.65. The molecular formula is C31H30N2O5S. The normalized spacial score (nSPS) is 15.2. The molecule has 0 saturated heterocycles. The summed E-state index contributed by atoms with van der Waals surface area (Å²) in [5.74, 6) is 0.803. The van der Waals surface area contributed by atoms with Gasteiger partial charge in [-0.15, -0.1) is 0 Å². The summed E-state index contributed by atoms with van der Waals surface area (Å²) in [6.07, 6.45) is 1.83. The summed E-state index contributed by atoms with van der Waals surface area (Å²) in [6, 6.07) is 18.8. The number of fused-ring (bicyclic) bond motifs is 2. The average Bonchev–Trinajstić information content (AvgIpc) is 3.23. The van der Waals surface area contributed by atoms with Gasteiger partial charge < -0.3 is 14.2 Å². The molecule has 1 aliphatic rings. The van der Waals surface area contributed by atoms with Gasteiger partial charge in [-0.05, 0) is 67.8 Å². The molecule has 0 fully saturated rings. The van der Waals surface area contributed by atoms with E-state index in [9.17, 15) is 9.59 Å². The van der Waals surface area contributed by atoms with Crippen molar-refractivity contribution < 1.29 is 19.0 Å². The zero-order chi connectivity index (χ0) is 27.5. The number of esters is 1. The number of benzene rings is 3. The second kappa shape index (κ2) is 11.3. The number of hydrogen-bond donors (Lipinski definition) is 0. The quantitative estimate of drug-likeness (QED) is 0.300. The summed E-state index contributed by atoms with van der Waals surface area (Å²) in [7, 11) is 0. The second-order valence-electron chi connectivity index (χ2n) is 8.94. The minimum Gasteiger partial charge on any atom is -0.490 e. The Balaban J connectivity index is 1.73. The van der Waals surface area contributed by atoms with Crippen LogP contribution in [-0.4, -0.2) is 30.4 Å². The van der Waals surface area contributed by atoms with Crippen molar-refractivity contribution in [2.45, 2.75) is 33.7 Å². The van der Waals surface area contributed by atoms with Crippen molar-refractivity contribution in [3.05, 3.63) is 103 Å². The number of nitrogens with zero attached hydrogens (tertiary/aromatic N) is 2. The monoisotopic (exact) mass is 542 g/mol. The fraction of sp³-hybridized carbons (Fsp3) is 0.258. The fourth-order valence-corrected chi connectivity index (χ4v) is 5.93. The van der Waals surface area contributed by atoms with E-state index in [0.29, 0.717) is 45.3 Å². The largest absolute Gasteiger partial charge is 0.490 e. The van der Waals surface area contributed by atoms with E-state index >= 15 is 0 Å². The lowest BCUT2D eigenvalue weighted by atomic mass is 9.91. The SMILES string of the molecule is CCOC(=O)C1=C(C)N=c2s/c(=C\c3ccc(OCC)c(OCC)c3)c(=O)n2[C@H]1c1cccc2ccccc12. The zero-order valence-corrected chi connectivity index (χ0v) is 23.2. The molecule has 1 aromatic heterocycles. The predicted molar refractivity (Wildman–Crippen MR) is 153 cm³/mol. The summed E-state index contributed by atoms with van der Waals surface area (Å²) >= 11 is 1.30. The number of aromatic nitrogens is 1. The maximum Gasteiger partial charge on any atom is 0.338 e. The maximum absolute atomic E-state index is 14.0. The van der Waals surface area contributed by atoms with Crippen LogP contribution in [0.2, 0.25) is 0 Å². The highest BCUT2D eigenvalue weighted by atomic mass is 32.1. The number of thiazole rings is 1. The van der Waals surface area contributed by atoms with Gasteiger partial charge in [0.15, 0.2) is 16.3 Å². The van der Waals surface area contributed by atoms with Gasteiger partial charge in [-0.2, -0.15) is 0 Å². The Morgan fingerprint density at radius 3 is 2.49 bits per heavy atom. The van der Waals surface area contributed by atoms with E-state index in [1.54, 1.807) is 18.4 Å². The summed E-state index contributed by atoms with van der Waals surface area (Å²) in [4.78, 5) is 32.5. The summed E-state index contributed by atoms with van der Waals surface area (Å²) in [5, 5.41) is 1.98. The predicted octanol–water partition coefficient (Wildman–Crippen LogP) is 4.75. The average molecular weight is 543 g/mol. The van der Waals surface area contributed by atoms with Crippen LogP contribution in [0.5, 0.6) is 11.5 Å². The van der Waals surface area contributed by atoms with Gasteiger partial charge in [0.1, 0.15) is 0 Å². The van der Waals surface area contributed by atoms with Gasteiger partial charge in [0.2, 0.25) is 0 Å². The standard InChI is InChI=1S/C31H30N2O5S/c1-5-36-24-16-15-20(17-25(24)37-6-2)18-26-29(34)33-28(23-14-10-12-21-11-8-9-13-22(21)23)27(30(35)38-7-3)19(4)32-31(33)39-26/h8-18,28H,5-7H2,1-4H3/b26-18-/t28-/m0/s1. The lowest BCUT2D eigenvalue weighted by Crippen LogP contribution is -2.40. The Hall–Kier alpha value is -4.17. The topological polar surface area (TPSA) is 79.1 Å². The van der Waals surface area contributed by atoms with E-state index in [0.717, 1.165) is 21.9 Å². The first-order valence-corrected chi connectivity index (χ1v) is 13.8. The molecule has 8 heteroatoms. The Morgan fingerprint density at radius 1 is 0.974 bits per heavy atom. The summed E-state index contributed by atoms with van der Waals surface area (Å²) in [6.45, 7) is 8.63. The summed E-state index contributed by atoms with van der Waals surface area (Å²) in [5.41, 5.74) is 2.33. The molecule has 5 rings (SSSR count). The van der Waals surface area contributed by atoms with Gasteiger partial charge in [-0.3, -0.25) is 9.36 Å². The van der Waals surface area contributed by atoms with Crippen molar-refractivity contribution in [3.63, 3.8) is 0 Å². The van der Waals surface area contributed by atoms with E-state index in [2.05, 4.69) is 0 Å². The molecule has 0 aliphatic carbocycles. The third-order valence-corrected chi connectivity index (χ3v) is 7.48. The highest BCUT2D eigenvalue weighted by molar-refractivity contribution is 7.07. The molecule has 0 bridgehead atoms. The first-order valence-electron chi connectivity index (χ1n) is 13.0. The molecule has 2 heterocycles. The molecule has 0 radical (unpaired) electrons. The molecule has 4 aromatic rings. The molecule has 0 spiro atoms. The molecule has 0 unspecified atom stereocenters. The van der Waals surface area contributed by atoms with Gasteiger partial charge in [-0.1, -0.05) is 59.9 Å². The number of hydrogen-bond acceptors (Lipinski definition) is 7. The number of rotatable bonds is 8. The van der Waals surface area contributed by atoms with Crippen molar-refractivity contribution in [1.82, 2.24) is 4.57 Å². The molecule has 1 aliphatic heterocycles. The third kappa shape index (κ3) is 5.00. The first-order chi connectivity index (χ1) is 19.0. The van der Waals surface area contributed by atoms with E-state index in [-0.39, 0.29) is 12.2 Å². The molecule has 0 saturated carbocycles. The zero-order valence-electron chi connectivity index (χ0n) is 22.4. The smallest absolute Gasteiger partial charge is 0.338 e. The minimum absolute atomic E-state index is 0.224. The van der Waals surface area contributed by atoms with E-state index in [1.165, 1.54) is 11.3 Å². The molecule has 200 valence electrons. The van der Waals surface area contributed by atoms with Gasteiger partial charge in [-0.25, -0.2) is 9.79 Å². The van der Waals surface area contributed by atoms with E-state index < -0.39 is 12.0 Å². The van der Waals surface area contributed by atoms with Crippen LogP contribution in [0.25, 0.3) is 16.8 Å². The van der Waals surface area contributed by atoms with Crippen LogP contribution in [0.15, 0.2) is 81.7 Å². The van der Waals surface area contributed by atoms with Gasteiger partial charge >= 0.3 is 5.97 Å². The molecule has 39 heavy (non-hydrogen) atoms. The molecule has 3 aromatic carbocycles. The minimum atomic E-state index is -0.673. The fourth-order valence-electron chi connectivity index (χ4n) is 4.88. The van der Waals surface area contributed by atoms with E-state index in [4.69, 9.17) is 19.2 Å². The van der Waals surface area contributed by atoms with Crippen LogP contribution in [-0.2, 0) is 9.53 Å². The molecule has 1 atom stereocenters. The number of carbonyl (C=O) groups is 1. The van der Waals surface area contributed by atoms with Crippen molar-refractivity contribution >= 4 is 34.2 Å². The Morgan fingerprint density at radius 2 is 1.72 bits per heavy atom. The molecule has 0 amide bonds. The number of carbonyl (C=O) groups excluding carboxylic acids is 1. The number of ether oxygens (including phenoxy) is 3. The van der Waals surface area contributed by atoms with Crippen LogP contribution in [0.1, 0.15) is 44.9 Å². The van der Waals surface area contributed by atoms with Crippen molar-refractivity contribution in [2.24, 2.45) is 4.99 Å². The van der Waals surface area contributed by atoms with Crippen molar-refractivity contribution in [3.8, 4) is 11.5 Å². The molecule has 7 nitrogen and oxygen atoms in total. The van der Waals surface area contributed by atoms with Crippen LogP contribution >= 0.6 is 11.3 Å². The van der Waals surface area contributed by atoms with Crippen LogP contribution < -0.4 is 24.4 Å². The Bertz CT molecular complexity index is 1760. The van der Waals surface area contributed by atoms with Crippen LogP contribution in [0, 0.1) is 0 Å². The van der Waals surface area contributed by atoms with Crippen LogP contribution in [0.3, 0.4) is 0 Å². The Labute approximate surface area is 230 Å². The molecular weight excluding hydrogens is 512 g/mol. The van der Waals surface area contributed by atoms with Crippen molar-refractivity contribution in [1.29, 1.82) is 0 Å². The summed E-state index contributed by atoms with van der Waals surface area (Å²) < 4.78 is 19.0. The lowest BCUT2D eigenvalue weighted by Gasteiger charge is -2.25. The van der Waals surface area contributed by atoms with Gasteiger partial charge in [0.25, 0.3) is 5.56 Å². The molecule has 0 N–H and O–H groups in total. The van der Waals surface area contributed by atoms with Crippen LogP contribution in [0.4, 0.5) is 0 Å². The second-order valence-corrected chi connectivity index (χ2v) is 9.95. The first kappa shape index (κ1) is 26.4. The third-order valence-electron chi connectivity index (χ3n) is 6.50. The number of allylic oxidation sites excluding steroid dienone is 1. The van der Waals surface area contributed by atoms with Gasteiger partial charge in [0.05, 0.1) is 41.7 Å². The van der Waals surface area contributed by atoms with Crippen molar-refractivity contribution in [2.75, 3.05) is 19.8 Å². The van der Waals surface area contributed by atoms with Gasteiger partial charge in [0, 0.05) is 0 Å². The van der Waals surface area contributed by atoms with E-state index in [1.807, 2.05) is 80.6 Å². The lowest BCUT2D eigenvalue weighted by molar-refractivity contribution is -0.139. The maximum atomic E-state index is 14.0. The highest BCUT2D eigenvalue weighted by Crippen LogP contribution is 2.35. The highest BCUT2D eigenvalue weighted by Gasteiger charge is 2.34.